The number of pyridine rings is 1. The molecule has 0 spiro atoms. The maximum Gasteiger partial charge on any atom is 0.247 e. The van der Waals surface area contributed by atoms with Crippen LogP contribution < -0.4 is 20.9 Å². The second kappa shape index (κ2) is 12.7. The minimum atomic E-state index is -0.822. The van der Waals surface area contributed by atoms with E-state index in [9.17, 15) is 19.2 Å². The molecule has 0 radical (unpaired) electrons. The average Bonchev–Trinajstić information content (AvgIpc) is 3.61. The third-order valence-corrected chi connectivity index (χ3v) is 6.70. The highest BCUT2D eigenvalue weighted by Crippen LogP contribution is 2.32. The molecule has 204 valence electrons. The van der Waals surface area contributed by atoms with Crippen molar-refractivity contribution in [3.63, 3.8) is 0 Å². The monoisotopic (exact) mass is 533 g/mol. The van der Waals surface area contributed by atoms with Gasteiger partial charge in [0.1, 0.15) is 12.1 Å². The van der Waals surface area contributed by atoms with Crippen LogP contribution in [-0.4, -0.2) is 67.9 Å². The lowest BCUT2D eigenvalue weighted by molar-refractivity contribution is -0.131. The summed E-state index contributed by atoms with van der Waals surface area (Å²) in [5.74, 6) is -1.45. The Labute approximate surface area is 225 Å². The molecule has 4 N–H and O–H groups in total. The van der Waals surface area contributed by atoms with Crippen LogP contribution in [0.4, 0.5) is 5.69 Å². The molecule has 3 heterocycles. The number of hydrogen-bond donors (Lipinski definition) is 4. The van der Waals surface area contributed by atoms with E-state index >= 15 is 0 Å². The van der Waals surface area contributed by atoms with Crippen LogP contribution in [0, 0.1) is 5.92 Å². The molecule has 1 aliphatic heterocycles. The van der Waals surface area contributed by atoms with Gasteiger partial charge in [0.15, 0.2) is 5.82 Å². The van der Waals surface area contributed by atoms with Gasteiger partial charge in [0.05, 0.1) is 19.5 Å². The molecule has 4 rings (SSSR count). The van der Waals surface area contributed by atoms with Crippen molar-refractivity contribution in [3.8, 4) is 0 Å². The molecule has 0 fully saturated rings. The molecule has 0 saturated carbocycles. The number of hydrogen-bond acceptors (Lipinski definition) is 8. The van der Waals surface area contributed by atoms with Gasteiger partial charge in [-0.05, 0) is 35.2 Å². The van der Waals surface area contributed by atoms with E-state index in [1.165, 1.54) is 4.90 Å². The van der Waals surface area contributed by atoms with Crippen molar-refractivity contribution in [3.05, 3.63) is 65.7 Å². The van der Waals surface area contributed by atoms with Crippen molar-refractivity contribution in [1.82, 2.24) is 41.6 Å². The lowest BCUT2D eigenvalue weighted by Crippen LogP contribution is -2.54. The van der Waals surface area contributed by atoms with E-state index in [0.29, 0.717) is 24.4 Å². The molecule has 1 aromatic carbocycles. The predicted molar refractivity (Wildman–Crippen MR) is 140 cm³/mol. The van der Waals surface area contributed by atoms with Crippen molar-refractivity contribution >= 4 is 29.3 Å². The number of rotatable bonds is 11. The van der Waals surface area contributed by atoms with Crippen LogP contribution in [0.25, 0.3) is 0 Å². The topological polar surface area (TPSA) is 175 Å². The zero-order valence-corrected chi connectivity index (χ0v) is 21.8. The third kappa shape index (κ3) is 6.80. The first-order valence-corrected chi connectivity index (χ1v) is 12.7. The van der Waals surface area contributed by atoms with Crippen molar-refractivity contribution in [2.45, 2.75) is 51.7 Å². The molecule has 3 atom stereocenters. The van der Waals surface area contributed by atoms with Gasteiger partial charge in [0, 0.05) is 24.5 Å². The molecule has 3 aromatic rings. The SMILES string of the molecule is CCC(C)C(NC(=O)Cc1ccncc1)C(=O)NCC(=O)N1c2ccccc2C[C@H]1C(=O)NCc1nn[nH]n1. The molecule has 0 aliphatic carbocycles. The van der Waals surface area contributed by atoms with Crippen molar-refractivity contribution in [2.24, 2.45) is 5.92 Å². The number of anilines is 1. The quantitative estimate of drug-likeness (QED) is 0.268. The minimum absolute atomic E-state index is 0.0523. The molecule has 4 amide bonds. The standard InChI is InChI=1S/C26H31N9O4/c1-3-16(2)24(30-22(36)12-17-8-10-27-11-9-17)26(39)29-15-23(37)35-19-7-5-4-6-18(19)13-20(35)25(38)28-14-21-31-33-34-32-21/h4-11,16,20,24H,3,12-15H2,1-2H3,(H,28,38)(H,29,39)(H,30,36)(H,31,32,33,34)/t16?,20-,24?/m0/s1. The van der Waals surface area contributed by atoms with Gasteiger partial charge in [-0.15, -0.1) is 10.2 Å². The second-order valence-electron chi connectivity index (χ2n) is 9.34. The fraction of sp³-hybridized carbons (Fsp3) is 0.385. The number of aromatic nitrogens is 5. The first-order chi connectivity index (χ1) is 18.9. The summed E-state index contributed by atoms with van der Waals surface area (Å²) in [7, 11) is 0. The summed E-state index contributed by atoms with van der Waals surface area (Å²) in [5.41, 5.74) is 2.23. The van der Waals surface area contributed by atoms with Crippen LogP contribution in [0.5, 0.6) is 0 Å². The molecular weight excluding hydrogens is 502 g/mol. The van der Waals surface area contributed by atoms with Crippen molar-refractivity contribution in [2.75, 3.05) is 11.4 Å². The van der Waals surface area contributed by atoms with Crippen LogP contribution in [0.2, 0.25) is 0 Å². The summed E-state index contributed by atoms with van der Waals surface area (Å²) >= 11 is 0. The maximum atomic E-state index is 13.4. The Morgan fingerprint density at radius 1 is 1.10 bits per heavy atom. The smallest absolute Gasteiger partial charge is 0.247 e. The largest absolute Gasteiger partial charge is 0.347 e. The highest BCUT2D eigenvalue weighted by Gasteiger charge is 2.38. The van der Waals surface area contributed by atoms with E-state index in [4.69, 9.17) is 0 Å². The first kappa shape index (κ1) is 27.4. The normalized spacial score (nSPS) is 15.6. The maximum absolute atomic E-state index is 13.4. The zero-order chi connectivity index (χ0) is 27.8. The molecule has 39 heavy (non-hydrogen) atoms. The van der Waals surface area contributed by atoms with Gasteiger partial charge in [0.2, 0.25) is 23.6 Å². The molecule has 2 aromatic heterocycles. The van der Waals surface area contributed by atoms with Gasteiger partial charge in [-0.2, -0.15) is 5.21 Å². The van der Waals surface area contributed by atoms with Crippen molar-refractivity contribution < 1.29 is 19.2 Å². The van der Waals surface area contributed by atoms with Crippen LogP contribution in [0.3, 0.4) is 0 Å². The number of amides is 4. The van der Waals surface area contributed by atoms with E-state index in [1.54, 1.807) is 36.7 Å². The number of nitrogens with one attached hydrogen (secondary N) is 4. The highest BCUT2D eigenvalue weighted by atomic mass is 16.2. The Kier molecular flexibility index (Phi) is 8.92. The first-order valence-electron chi connectivity index (χ1n) is 12.7. The molecular formula is C26H31N9O4. The lowest BCUT2D eigenvalue weighted by Gasteiger charge is -2.26. The molecule has 13 nitrogen and oxygen atoms in total. The number of carbonyl (C=O) groups excluding carboxylic acids is 4. The lowest BCUT2D eigenvalue weighted by atomic mass is 9.98. The number of para-hydroxylation sites is 1. The summed E-state index contributed by atoms with van der Waals surface area (Å²) in [6.07, 6.45) is 4.27. The number of H-pyrrole nitrogens is 1. The van der Waals surface area contributed by atoms with Gasteiger partial charge < -0.3 is 16.0 Å². The zero-order valence-electron chi connectivity index (χ0n) is 21.8. The number of fused-ring (bicyclic) bond motifs is 1. The predicted octanol–water partition coefficient (Wildman–Crippen LogP) is 0.0586. The van der Waals surface area contributed by atoms with E-state index in [1.807, 2.05) is 26.0 Å². The number of nitrogens with zero attached hydrogens (tertiary/aromatic N) is 5. The van der Waals surface area contributed by atoms with Crippen LogP contribution >= 0.6 is 0 Å². The third-order valence-electron chi connectivity index (χ3n) is 6.70. The summed E-state index contributed by atoms with van der Waals surface area (Å²) in [6, 6.07) is 9.10. The Bertz CT molecular complexity index is 1300. The average molecular weight is 534 g/mol. The van der Waals surface area contributed by atoms with E-state index in [0.717, 1.165) is 11.1 Å². The fourth-order valence-corrected chi connectivity index (χ4v) is 4.42. The van der Waals surface area contributed by atoms with Crippen LogP contribution in [0.15, 0.2) is 48.8 Å². The van der Waals surface area contributed by atoms with Crippen LogP contribution in [-0.2, 0) is 38.6 Å². The number of carbonyl (C=O) groups is 4. The van der Waals surface area contributed by atoms with Gasteiger partial charge in [-0.3, -0.25) is 29.1 Å². The van der Waals surface area contributed by atoms with E-state index < -0.39 is 23.9 Å². The van der Waals surface area contributed by atoms with Gasteiger partial charge in [0.25, 0.3) is 0 Å². The summed E-state index contributed by atoms with van der Waals surface area (Å²) in [4.78, 5) is 57.6. The molecule has 0 saturated heterocycles. The molecule has 1 aliphatic rings. The summed E-state index contributed by atoms with van der Waals surface area (Å²) in [6.45, 7) is 3.50. The van der Waals surface area contributed by atoms with E-state index in [-0.39, 0.29) is 37.2 Å². The van der Waals surface area contributed by atoms with Crippen LogP contribution in [0.1, 0.15) is 37.2 Å². The Hall–Kier alpha value is -4.68. The van der Waals surface area contributed by atoms with Gasteiger partial charge in [-0.25, -0.2) is 0 Å². The Balaban J connectivity index is 1.41. The number of tetrazole rings is 1. The van der Waals surface area contributed by atoms with Gasteiger partial charge >= 0.3 is 0 Å². The summed E-state index contributed by atoms with van der Waals surface area (Å²) < 4.78 is 0. The molecule has 13 heteroatoms. The number of benzene rings is 1. The summed E-state index contributed by atoms with van der Waals surface area (Å²) in [5, 5.41) is 21.6. The highest BCUT2D eigenvalue weighted by molar-refractivity contribution is 6.05. The Morgan fingerprint density at radius 3 is 2.59 bits per heavy atom. The van der Waals surface area contributed by atoms with E-state index in [2.05, 4.69) is 41.6 Å². The minimum Gasteiger partial charge on any atom is -0.347 e. The number of aromatic amines is 1. The van der Waals surface area contributed by atoms with Gasteiger partial charge in [-0.1, -0.05) is 43.7 Å². The molecule has 2 unspecified atom stereocenters. The molecule has 0 bridgehead atoms. The fourth-order valence-electron chi connectivity index (χ4n) is 4.42. The Morgan fingerprint density at radius 2 is 1.87 bits per heavy atom. The second-order valence-corrected chi connectivity index (χ2v) is 9.34. The van der Waals surface area contributed by atoms with Crippen molar-refractivity contribution in [1.29, 1.82) is 0 Å².